The highest BCUT2D eigenvalue weighted by Gasteiger charge is 2.18. The van der Waals surface area contributed by atoms with Crippen molar-refractivity contribution in [1.29, 1.82) is 0 Å². The summed E-state index contributed by atoms with van der Waals surface area (Å²) < 4.78 is 25.1. The monoisotopic (exact) mass is 321 g/mol. The Bertz CT molecular complexity index is 747. The Balaban J connectivity index is 2.27. The standard InChI is InChI=1S/C13H15N5O3S/c1-22(20,21)18(12-3-2-6-15-8-12)9-11-5-4-10(7-16-11)13(19)17-14/h2-8H,9,14H2,1H3,(H,17,19). The van der Waals surface area contributed by atoms with E-state index in [9.17, 15) is 13.2 Å². The molecule has 2 rings (SSSR count). The van der Waals surface area contributed by atoms with Crippen molar-refractivity contribution in [1.82, 2.24) is 15.4 Å². The van der Waals surface area contributed by atoms with Crippen molar-refractivity contribution in [3.8, 4) is 0 Å². The van der Waals surface area contributed by atoms with Crippen LogP contribution in [0, 0.1) is 0 Å². The summed E-state index contributed by atoms with van der Waals surface area (Å²) in [4.78, 5) is 19.3. The largest absolute Gasteiger partial charge is 0.290 e. The summed E-state index contributed by atoms with van der Waals surface area (Å²) in [5.74, 6) is 4.57. The number of carbonyl (C=O) groups is 1. The van der Waals surface area contributed by atoms with Crippen molar-refractivity contribution in [2.24, 2.45) is 5.84 Å². The number of hydrogen-bond donors (Lipinski definition) is 2. The first kappa shape index (κ1) is 15.9. The van der Waals surface area contributed by atoms with E-state index in [-0.39, 0.29) is 6.54 Å². The molecule has 2 heterocycles. The first-order valence-corrected chi connectivity index (χ1v) is 8.10. The molecule has 0 aliphatic heterocycles. The Morgan fingerprint density at radius 1 is 1.32 bits per heavy atom. The minimum absolute atomic E-state index is 0.0368. The number of sulfonamides is 1. The van der Waals surface area contributed by atoms with Crippen LogP contribution in [0.3, 0.4) is 0 Å². The van der Waals surface area contributed by atoms with Crippen LogP contribution >= 0.6 is 0 Å². The van der Waals surface area contributed by atoms with Gasteiger partial charge in [-0.1, -0.05) is 0 Å². The number of nitrogens with two attached hydrogens (primary N) is 1. The summed E-state index contributed by atoms with van der Waals surface area (Å²) in [7, 11) is -3.49. The fourth-order valence-electron chi connectivity index (χ4n) is 1.78. The van der Waals surface area contributed by atoms with Crippen molar-refractivity contribution in [3.63, 3.8) is 0 Å². The molecular formula is C13H15N5O3S. The van der Waals surface area contributed by atoms with E-state index in [2.05, 4.69) is 9.97 Å². The third-order valence-electron chi connectivity index (χ3n) is 2.86. The molecule has 0 aliphatic carbocycles. The smallest absolute Gasteiger partial charge is 0.266 e. The zero-order valence-electron chi connectivity index (χ0n) is 11.8. The lowest BCUT2D eigenvalue weighted by molar-refractivity contribution is 0.0953. The fraction of sp³-hybridized carbons (Fsp3) is 0.154. The minimum atomic E-state index is -3.49. The number of anilines is 1. The van der Waals surface area contributed by atoms with Gasteiger partial charge < -0.3 is 0 Å². The highest BCUT2D eigenvalue weighted by molar-refractivity contribution is 7.92. The van der Waals surface area contributed by atoms with Gasteiger partial charge in [-0.15, -0.1) is 0 Å². The predicted molar refractivity (Wildman–Crippen MR) is 81.2 cm³/mol. The highest BCUT2D eigenvalue weighted by Crippen LogP contribution is 2.18. The summed E-state index contributed by atoms with van der Waals surface area (Å²) in [5, 5.41) is 0. The molecule has 0 saturated heterocycles. The van der Waals surface area contributed by atoms with E-state index >= 15 is 0 Å². The van der Waals surface area contributed by atoms with Gasteiger partial charge >= 0.3 is 0 Å². The van der Waals surface area contributed by atoms with E-state index in [1.54, 1.807) is 24.4 Å². The second-order valence-electron chi connectivity index (χ2n) is 4.49. The predicted octanol–water partition coefficient (Wildman–Crippen LogP) is 0.0463. The molecule has 0 saturated carbocycles. The average molecular weight is 321 g/mol. The van der Waals surface area contributed by atoms with Gasteiger partial charge in [0.2, 0.25) is 10.0 Å². The summed E-state index contributed by atoms with van der Waals surface area (Å²) in [5.41, 5.74) is 3.22. The van der Waals surface area contributed by atoms with Gasteiger partial charge in [0.25, 0.3) is 5.91 Å². The van der Waals surface area contributed by atoms with E-state index in [4.69, 9.17) is 5.84 Å². The van der Waals surface area contributed by atoms with Crippen molar-refractivity contribution >= 4 is 21.6 Å². The number of hydrogen-bond acceptors (Lipinski definition) is 6. The number of nitrogens with zero attached hydrogens (tertiary/aromatic N) is 3. The molecule has 0 bridgehead atoms. The Morgan fingerprint density at radius 2 is 2.09 bits per heavy atom. The average Bonchev–Trinajstić information content (AvgIpc) is 2.52. The molecule has 22 heavy (non-hydrogen) atoms. The van der Waals surface area contributed by atoms with Gasteiger partial charge in [-0.2, -0.15) is 0 Å². The van der Waals surface area contributed by atoms with Crippen molar-refractivity contribution in [2.75, 3.05) is 10.6 Å². The zero-order chi connectivity index (χ0) is 16.2. The lowest BCUT2D eigenvalue weighted by atomic mass is 10.2. The molecule has 0 radical (unpaired) electrons. The summed E-state index contributed by atoms with van der Waals surface area (Å²) in [6.07, 6.45) is 5.46. The molecule has 9 heteroatoms. The van der Waals surface area contributed by atoms with E-state index in [1.807, 2.05) is 5.43 Å². The van der Waals surface area contributed by atoms with E-state index in [0.29, 0.717) is 16.9 Å². The van der Waals surface area contributed by atoms with Crippen LogP contribution in [0.15, 0.2) is 42.9 Å². The van der Waals surface area contributed by atoms with Crippen LogP contribution in [0.2, 0.25) is 0 Å². The maximum Gasteiger partial charge on any atom is 0.266 e. The summed E-state index contributed by atoms with van der Waals surface area (Å²) >= 11 is 0. The van der Waals surface area contributed by atoms with E-state index in [1.165, 1.54) is 22.8 Å². The third kappa shape index (κ3) is 3.77. The highest BCUT2D eigenvalue weighted by atomic mass is 32.2. The van der Waals surface area contributed by atoms with Crippen LogP contribution in [0.25, 0.3) is 0 Å². The molecule has 2 aromatic rings. The van der Waals surface area contributed by atoms with Crippen LogP contribution in [-0.4, -0.2) is 30.5 Å². The lowest BCUT2D eigenvalue weighted by Crippen LogP contribution is -2.31. The van der Waals surface area contributed by atoms with Crippen molar-refractivity contribution < 1.29 is 13.2 Å². The van der Waals surface area contributed by atoms with Crippen LogP contribution in [0.4, 0.5) is 5.69 Å². The van der Waals surface area contributed by atoms with Crippen molar-refractivity contribution in [3.05, 3.63) is 54.1 Å². The topological polar surface area (TPSA) is 118 Å². The van der Waals surface area contributed by atoms with Crippen LogP contribution in [0.5, 0.6) is 0 Å². The maximum atomic E-state index is 11.9. The molecule has 116 valence electrons. The van der Waals surface area contributed by atoms with Crippen LogP contribution in [-0.2, 0) is 16.6 Å². The Kier molecular flexibility index (Phi) is 4.68. The Hall–Kier alpha value is -2.52. The van der Waals surface area contributed by atoms with Gasteiger partial charge in [0, 0.05) is 12.4 Å². The van der Waals surface area contributed by atoms with Crippen LogP contribution in [0.1, 0.15) is 16.1 Å². The first-order chi connectivity index (χ1) is 10.4. The van der Waals surface area contributed by atoms with Crippen LogP contribution < -0.4 is 15.6 Å². The molecule has 3 N–H and O–H groups in total. The zero-order valence-corrected chi connectivity index (χ0v) is 12.6. The number of pyridine rings is 2. The van der Waals surface area contributed by atoms with Gasteiger partial charge in [0.05, 0.1) is 35.9 Å². The number of aromatic nitrogens is 2. The maximum absolute atomic E-state index is 11.9. The molecule has 0 fully saturated rings. The molecular weight excluding hydrogens is 306 g/mol. The fourth-order valence-corrected chi connectivity index (χ4v) is 2.64. The summed E-state index contributed by atoms with van der Waals surface area (Å²) in [6.45, 7) is 0.0368. The van der Waals surface area contributed by atoms with Gasteiger partial charge in [0.15, 0.2) is 0 Å². The molecule has 8 nitrogen and oxygen atoms in total. The third-order valence-corrected chi connectivity index (χ3v) is 4.00. The Morgan fingerprint density at radius 3 is 2.59 bits per heavy atom. The molecule has 0 aliphatic rings. The van der Waals surface area contributed by atoms with Crippen molar-refractivity contribution in [2.45, 2.75) is 6.54 Å². The molecule has 0 spiro atoms. The second-order valence-corrected chi connectivity index (χ2v) is 6.40. The lowest BCUT2D eigenvalue weighted by Gasteiger charge is -2.21. The van der Waals surface area contributed by atoms with Gasteiger partial charge in [0.1, 0.15) is 0 Å². The van der Waals surface area contributed by atoms with E-state index in [0.717, 1.165) is 6.26 Å². The second kappa shape index (κ2) is 6.50. The number of carbonyl (C=O) groups excluding carboxylic acids is 1. The molecule has 1 amide bonds. The number of nitrogens with one attached hydrogen (secondary N) is 1. The van der Waals surface area contributed by atoms with Gasteiger partial charge in [-0.3, -0.25) is 24.5 Å². The SMILES string of the molecule is CS(=O)(=O)N(Cc1ccc(C(=O)NN)cn1)c1cccnc1. The Labute approximate surface area is 128 Å². The van der Waals surface area contributed by atoms with Gasteiger partial charge in [-0.05, 0) is 24.3 Å². The quantitative estimate of drug-likeness (QED) is 0.456. The number of amides is 1. The number of rotatable bonds is 5. The normalized spacial score (nSPS) is 11.0. The summed E-state index contributed by atoms with van der Waals surface area (Å²) in [6, 6.07) is 6.38. The molecule has 0 aromatic carbocycles. The number of hydrazine groups is 1. The molecule has 2 aromatic heterocycles. The molecule has 0 unspecified atom stereocenters. The first-order valence-electron chi connectivity index (χ1n) is 6.25. The minimum Gasteiger partial charge on any atom is -0.290 e. The van der Waals surface area contributed by atoms with E-state index < -0.39 is 15.9 Å². The molecule has 0 atom stereocenters. The van der Waals surface area contributed by atoms with Gasteiger partial charge in [-0.25, -0.2) is 14.3 Å². The number of nitrogen functional groups attached to an aromatic ring is 1.